The molecule has 202 valence electrons. The van der Waals surface area contributed by atoms with Gasteiger partial charge in [0.1, 0.15) is 17.1 Å². The van der Waals surface area contributed by atoms with Crippen molar-refractivity contribution >= 4 is 36.6 Å². The van der Waals surface area contributed by atoms with E-state index in [1.807, 2.05) is 13.8 Å². The number of halogens is 3. The first-order valence-corrected chi connectivity index (χ1v) is 13.0. The van der Waals surface area contributed by atoms with Gasteiger partial charge in [0.05, 0.1) is 35.7 Å². The average molecular weight is 551 g/mol. The minimum atomic E-state index is -4.79. The molecule has 2 heterocycles. The highest BCUT2D eigenvalue weighted by Gasteiger charge is 2.42. The van der Waals surface area contributed by atoms with E-state index in [0.29, 0.717) is 17.3 Å². The third-order valence-corrected chi connectivity index (χ3v) is 7.11. The van der Waals surface area contributed by atoms with Crippen LogP contribution in [-0.4, -0.2) is 44.7 Å². The molecule has 0 spiro atoms. The van der Waals surface area contributed by atoms with E-state index < -0.39 is 36.9 Å². The Hall–Kier alpha value is -3.67. The molecule has 4 rings (SSSR count). The molecular weight excluding hydrogens is 526 g/mol. The number of hydrogen-bond donors (Lipinski definition) is 4. The van der Waals surface area contributed by atoms with Gasteiger partial charge in [0.2, 0.25) is 5.95 Å². The van der Waals surface area contributed by atoms with Crippen LogP contribution in [0.5, 0.6) is 5.75 Å². The lowest BCUT2D eigenvalue weighted by Gasteiger charge is -2.28. The van der Waals surface area contributed by atoms with Crippen LogP contribution in [0, 0.1) is 0 Å². The van der Waals surface area contributed by atoms with Crippen LogP contribution >= 0.6 is 7.60 Å². The number of rotatable bonds is 7. The Morgan fingerprint density at radius 1 is 1.13 bits per heavy atom. The lowest BCUT2D eigenvalue weighted by atomic mass is 9.93. The summed E-state index contributed by atoms with van der Waals surface area (Å²) in [5, 5.41) is 5.46. The summed E-state index contributed by atoms with van der Waals surface area (Å²) in [6.07, 6.45) is -4.69. The topological polar surface area (TPSA) is 137 Å². The van der Waals surface area contributed by atoms with E-state index in [1.54, 1.807) is 19.2 Å². The molecule has 1 aliphatic rings. The molecule has 38 heavy (non-hydrogen) atoms. The van der Waals surface area contributed by atoms with Crippen molar-refractivity contribution in [3.05, 3.63) is 64.8 Å². The molecule has 1 aliphatic heterocycles. The monoisotopic (exact) mass is 551 g/mol. The van der Waals surface area contributed by atoms with E-state index >= 15 is 0 Å². The largest absolute Gasteiger partial charge is 0.495 e. The van der Waals surface area contributed by atoms with E-state index in [1.165, 1.54) is 36.3 Å². The zero-order valence-electron chi connectivity index (χ0n) is 20.8. The van der Waals surface area contributed by atoms with Crippen molar-refractivity contribution in [1.82, 2.24) is 14.9 Å². The van der Waals surface area contributed by atoms with Gasteiger partial charge in [0.25, 0.3) is 5.91 Å². The van der Waals surface area contributed by atoms with Crippen molar-refractivity contribution in [1.29, 1.82) is 0 Å². The number of anilines is 4. The number of ether oxygens (including phenoxy) is 1. The summed E-state index contributed by atoms with van der Waals surface area (Å²) in [5.74, 6) is -0.946. The third kappa shape index (κ3) is 5.31. The fourth-order valence-corrected chi connectivity index (χ4v) is 4.84. The number of alkyl halides is 3. The standard InChI is InChI=1S/C24H25F3N5O5P/c1-23(2)14-6-5-7-17(19(14)21(33)32(23)3)29-20-15(24(25,26)27)11-28-22(31-20)30-16-9-8-13(10-18(16)37-4)12-38(34,35)36/h5-11H,12H2,1-4H3,(H2,34,35,36)(H2,28,29,30,31). The van der Waals surface area contributed by atoms with E-state index in [0.717, 1.165) is 0 Å². The fraction of sp³-hybridized carbons (Fsp3) is 0.292. The second-order valence-corrected chi connectivity index (χ2v) is 10.9. The first kappa shape index (κ1) is 27.4. The van der Waals surface area contributed by atoms with Gasteiger partial charge in [0, 0.05) is 13.2 Å². The van der Waals surface area contributed by atoms with Crippen molar-refractivity contribution in [2.24, 2.45) is 0 Å². The second-order valence-electron chi connectivity index (χ2n) is 9.21. The normalized spacial score (nSPS) is 14.9. The van der Waals surface area contributed by atoms with Crippen molar-refractivity contribution in [2.45, 2.75) is 31.7 Å². The number of aromatic nitrogens is 2. The molecule has 2 aromatic carbocycles. The van der Waals surface area contributed by atoms with Gasteiger partial charge >= 0.3 is 13.8 Å². The molecule has 1 amide bonds. The molecule has 0 saturated heterocycles. The number of hydrogen-bond acceptors (Lipinski definition) is 7. The average Bonchev–Trinajstić information content (AvgIpc) is 2.99. The minimum absolute atomic E-state index is 0.166. The summed E-state index contributed by atoms with van der Waals surface area (Å²) < 4.78 is 58.1. The molecule has 4 N–H and O–H groups in total. The Bertz CT molecular complexity index is 1460. The van der Waals surface area contributed by atoms with Crippen molar-refractivity contribution in [3.63, 3.8) is 0 Å². The number of nitrogens with one attached hydrogen (secondary N) is 2. The highest BCUT2D eigenvalue weighted by molar-refractivity contribution is 7.50. The molecular formula is C24H25F3N5O5P. The lowest BCUT2D eigenvalue weighted by molar-refractivity contribution is -0.137. The van der Waals surface area contributed by atoms with Crippen LogP contribution in [0.2, 0.25) is 0 Å². The Morgan fingerprint density at radius 3 is 2.47 bits per heavy atom. The fourth-order valence-electron chi connectivity index (χ4n) is 4.17. The van der Waals surface area contributed by atoms with Gasteiger partial charge in [-0.2, -0.15) is 18.2 Å². The third-order valence-electron chi connectivity index (χ3n) is 6.33. The highest BCUT2D eigenvalue weighted by atomic mass is 31.2. The molecule has 3 aromatic rings. The number of methoxy groups -OCH3 is 1. The molecule has 0 saturated carbocycles. The zero-order chi connectivity index (χ0) is 28.0. The van der Waals surface area contributed by atoms with Crippen LogP contribution in [0.3, 0.4) is 0 Å². The maximum atomic E-state index is 13.8. The van der Waals surface area contributed by atoms with E-state index in [4.69, 9.17) is 4.74 Å². The van der Waals surface area contributed by atoms with Crippen LogP contribution in [0.1, 0.15) is 40.9 Å². The number of fused-ring (bicyclic) bond motifs is 1. The maximum absolute atomic E-state index is 13.8. The van der Waals surface area contributed by atoms with E-state index in [2.05, 4.69) is 20.6 Å². The summed E-state index contributed by atoms with van der Waals surface area (Å²) >= 11 is 0. The number of benzene rings is 2. The predicted octanol–water partition coefficient (Wildman–Crippen LogP) is 4.99. The van der Waals surface area contributed by atoms with Gasteiger partial charge < -0.3 is 30.1 Å². The Kier molecular flexibility index (Phi) is 6.89. The Balaban J connectivity index is 1.73. The SMILES string of the molecule is COc1cc(CP(=O)(O)O)ccc1Nc1ncc(C(F)(F)F)c(Nc2cccc3c2C(=O)N(C)C3(C)C)n1. The van der Waals surface area contributed by atoms with E-state index in [-0.39, 0.29) is 34.5 Å². The van der Waals surface area contributed by atoms with Crippen LogP contribution in [0.15, 0.2) is 42.6 Å². The van der Waals surface area contributed by atoms with Crippen LogP contribution in [0.25, 0.3) is 0 Å². The first-order valence-electron chi connectivity index (χ1n) is 11.2. The molecule has 0 radical (unpaired) electrons. The summed E-state index contributed by atoms with van der Waals surface area (Å²) in [7, 11) is -1.38. The van der Waals surface area contributed by atoms with Crippen LogP contribution < -0.4 is 15.4 Å². The summed E-state index contributed by atoms with van der Waals surface area (Å²) in [4.78, 5) is 40.7. The van der Waals surface area contributed by atoms with Crippen molar-refractivity contribution < 1.29 is 37.1 Å². The summed E-state index contributed by atoms with van der Waals surface area (Å²) in [5.41, 5.74) is -0.154. The van der Waals surface area contributed by atoms with Crippen molar-refractivity contribution in [2.75, 3.05) is 24.8 Å². The molecule has 1 aromatic heterocycles. The molecule has 0 bridgehead atoms. The summed E-state index contributed by atoms with van der Waals surface area (Å²) in [6, 6.07) is 9.17. The smallest absolute Gasteiger partial charge is 0.421 e. The van der Waals surface area contributed by atoms with Gasteiger partial charge in [-0.1, -0.05) is 18.2 Å². The Labute approximate surface area is 216 Å². The predicted molar refractivity (Wildman–Crippen MR) is 134 cm³/mol. The molecule has 10 nitrogen and oxygen atoms in total. The first-order chi connectivity index (χ1) is 17.6. The van der Waals surface area contributed by atoms with Gasteiger partial charge in [-0.05, 0) is 43.2 Å². The van der Waals surface area contributed by atoms with Gasteiger partial charge in [0.15, 0.2) is 0 Å². The lowest BCUT2D eigenvalue weighted by Crippen LogP contribution is -2.35. The minimum Gasteiger partial charge on any atom is -0.495 e. The van der Waals surface area contributed by atoms with E-state index in [9.17, 15) is 32.3 Å². The Morgan fingerprint density at radius 2 is 1.84 bits per heavy atom. The van der Waals surface area contributed by atoms with Gasteiger partial charge in [-0.3, -0.25) is 9.36 Å². The molecule has 0 unspecified atom stereocenters. The highest BCUT2D eigenvalue weighted by Crippen LogP contribution is 2.43. The number of carbonyl (C=O) groups excluding carboxylic acids is 1. The zero-order valence-corrected chi connectivity index (χ0v) is 21.7. The molecule has 0 fully saturated rings. The van der Waals surface area contributed by atoms with Gasteiger partial charge in [-0.25, -0.2) is 4.98 Å². The number of nitrogens with zero attached hydrogens (tertiary/aromatic N) is 3. The summed E-state index contributed by atoms with van der Waals surface area (Å²) in [6.45, 7) is 3.68. The molecule has 0 aliphatic carbocycles. The van der Waals surface area contributed by atoms with Gasteiger partial charge in [-0.15, -0.1) is 0 Å². The second kappa shape index (κ2) is 9.57. The van der Waals surface area contributed by atoms with Crippen molar-refractivity contribution in [3.8, 4) is 5.75 Å². The molecule has 14 heteroatoms. The number of amides is 1. The number of carbonyl (C=O) groups is 1. The molecule has 0 atom stereocenters. The van der Waals surface area contributed by atoms with Crippen LogP contribution in [0.4, 0.5) is 36.3 Å². The van der Waals surface area contributed by atoms with Crippen LogP contribution in [-0.2, 0) is 22.4 Å². The quantitative estimate of drug-likeness (QED) is 0.299. The maximum Gasteiger partial charge on any atom is 0.421 e.